The Bertz CT molecular complexity index is 740. The summed E-state index contributed by atoms with van der Waals surface area (Å²) < 4.78 is 20.1. The molecule has 0 saturated carbocycles. The van der Waals surface area contributed by atoms with Gasteiger partial charge in [-0.2, -0.15) is 0 Å². The first kappa shape index (κ1) is 18.2. The first-order valence-corrected chi connectivity index (χ1v) is 8.65. The van der Waals surface area contributed by atoms with Crippen LogP contribution < -0.4 is 10.1 Å². The predicted molar refractivity (Wildman–Crippen MR) is 89.1 cm³/mol. The predicted octanol–water partition coefficient (Wildman–Crippen LogP) is 2.60. The molecular formula is C16H18NO6P. The van der Waals surface area contributed by atoms with Gasteiger partial charge in [0.15, 0.2) is 0 Å². The number of anilines is 1. The van der Waals surface area contributed by atoms with Crippen LogP contribution in [-0.4, -0.2) is 29.4 Å². The summed E-state index contributed by atoms with van der Waals surface area (Å²) in [6.45, 7) is -0.0861. The molecule has 3 N–H and O–H groups in total. The Morgan fingerprint density at radius 2 is 1.79 bits per heavy atom. The minimum Gasteiger partial charge on any atom is -0.496 e. The summed E-state index contributed by atoms with van der Waals surface area (Å²) in [6.07, 6.45) is 0.353. The van der Waals surface area contributed by atoms with E-state index in [-0.39, 0.29) is 12.5 Å². The Kier molecular flexibility index (Phi) is 6.11. The summed E-state index contributed by atoms with van der Waals surface area (Å²) in [4.78, 5) is 29.5. The van der Waals surface area contributed by atoms with Crippen molar-refractivity contribution in [2.45, 2.75) is 6.42 Å². The van der Waals surface area contributed by atoms with E-state index in [4.69, 9.17) is 14.5 Å². The van der Waals surface area contributed by atoms with Crippen LogP contribution in [0.15, 0.2) is 48.5 Å². The Morgan fingerprint density at radius 1 is 1.12 bits per heavy atom. The van der Waals surface area contributed by atoms with Crippen LogP contribution in [0.3, 0.4) is 0 Å². The number of ether oxygens (including phenoxy) is 1. The van der Waals surface area contributed by atoms with Crippen molar-refractivity contribution in [1.29, 1.82) is 0 Å². The summed E-state index contributed by atoms with van der Waals surface area (Å²) in [6, 6.07) is 13.8. The summed E-state index contributed by atoms with van der Waals surface area (Å²) in [7, 11) is -2.94. The van der Waals surface area contributed by atoms with E-state index >= 15 is 0 Å². The van der Waals surface area contributed by atoms with Crippen LogP contribution in [0.25, 0.3) is 0 Å². The second-order valence-electron chi connectivity index (χ2n) is 4.93. The second kappa shape index (κ2) is 8.08. The highest BCUT2D eigenvalue weighted by molar-refractivity contribution is 7.46. The van der Waals surface area contributed by atoms with Gasteiger partial charge in [-0.1, -0.05) is 24.3 Å². The number of amides is 1. The molecule has 2 aromatic carbocycles. The molecule has 0 saturated heterocycles. The molecule has 0 aliphatic heterocycles. The number of hydrogen-bond donors (Lipinski definition) is 3. The summed E-state index contributed by atoms with van der Waals surface area (Å²) in [5.74, 6) is 0.200. The van der Waals surface area contributed by atoms with Crippen LogP contribution in [-0.2, 0) is 15.5 Å². The Morgan fingerprint density at radius 3 is 2.42 bits per heavy atom. The van der Waals surface area contributed by atoms with Crippen LogP contribution in [0.1, 0.15) is 15.9 Å². The van der Waals surface area contributed by atoms with Gasteiger partial charge in [-0.25, -0.2) is 4.57 Å². The zero-order chi connectivity index (χ0) is 17.6. The fourth-order valence-corrected chi connectivity index (χ4v) is 2.40. The number of nitrogens with one attached hydrogen (secondary N) is 1. The van der Waals surface area contributed by atoms with Gasteiger partial charge in [0, 0.05) is 5.69 Å². The van der Waals surface area contributed by atoms with E-state index in [0.29, 0.717) is 23.4 Å². The summed E-state index contributed by atoms with van der Waals surface area (Å²) in [5.41, 5.74) is 1.86. The molecule has 0 heterocycles. The molecule has 8 heteroatoms. The average Bonchev–Trinajstić information content (AvgIpc) is 2.55. The number of carbonyl (C=O) groups excluding carboxylic acids is 1. The smallest absolute Gasteiger partial charge is 0.469 e. The fourth-order valence-electron chi connectivity index (χ4n) is 2.07. The van der Waals surface area contributed by atoms with Crippen molar-refractivity contribution < 1.29 is 28.4 Å². The van der Waals surface area contributed by atoms with Crippen molar-refractivity contribution in [2.24, 2.45) is 0 Å². The molecule has 0 unspecified atom stereocenters. The normalized spacial score (nSPS) is 11.1. The molecule has 0 spiro atoms. The molecule has 0 radical (unpaired) electrons. The second-order valence-corrected chi connectivity index (χ2v) is 6.16. The van der Waals surface area contributed by atoms with Gasteiger partial charge in [-0.3, -0.25) is 9.32 Å². The molecule has 128 valence electrons. The van der Waals surface area contributed by atoms with Gasteiger partial charge in [0.2, 0.25) is 0 Å². The number of hydrogen-bond acceptors (Lipinski definition) is 4. The third kappa shape index (κ3) is 5.47. The standard InChI is InChI=1S/C16H18NO6P/c1-22-15-5-3-2-4-14(15)16(18)17-13-8-6-12(7-9-13)10-11-23-24(19,20)21/h2-9H,10-11H2,1H3,(H,17,18)(H2,19,20,21). The number of phosphoric ester groups is 1. The summed E-state index contributed by atoms with van der Waals surface area (Å²) >= 11 is 0. The Hall–Kier alpha value is -2.18. The molecule has 24 heavy (non-hydrogen) atoms. The number of phosphoric acid groups is 1. The van der Waals surface area contributed by atoms with Gasteiger partial charge in [-0.15, -0.1) is 0 Å². The lowest BCUT2D eigenvalue weighted by molar-refractivity contribution is 0.102. The average molecular weight is 351 g/mol. The van der Waals surface area contributed by atoms with Gasteiger partial charge in [0.25, 0.3) is 5.91 Å². The quantitative estimate of drug-likeness (QED) is 0.662. The third-order valence-electron chi connectivity index (χ3n) is 3.21. The molecule has 7 nitrogen and oxygen atoms in total. The highest BCUT2D eigenvalue weighted by atomic mass is 31.2. The van der Waals surface area contributed by atoms with Gasteiger partial charge < -0.3 is 19.8 Å². The molecule has 0 aliphatic rings. The Balaban J connectivity index is 1.96. The third-order valence-corrected chi connectivity index (χ3v) is 3.73. The molecule has 1 amide bonds. The molecule has 0 atom stereocenters. The number of para-hydroxylation sites is 1. The first-order chi connectivity index (χ1) is 11.4. The highest BCUT2D eigenvalue weighted by Crippen LogP contribution is 2.35. The minimum absolute atomic E-state index is 0.0861. The maximum absolute atomic E-state index is 12.3. The van der Waals surface area contributed by atoms with Crippen molar-refractivity contribution in [3.05, 3.63) is 59.7 Å². The van der Waals surface area contributed by atoms with Crippen molar-refractivity contribution in [3.8, 4) is 5.75 Å². The molecule has 2 aromatic rings. The number of rotatable bonds is 7. The fraction of sp³-hybridized carbons (Fsp3) is 0.188. The van der Waals surface area contributed by atoms with Crippen molar-refractivity contribution in [2.75, 3.05) is 19.0 Å². The van der Waals surface area contributed by atoms with Crippen molar-refractivity contribution >= 4 is 19.4 Å². The number of methoxy groups -OCH3 is 1. The van der Waals surface area contributed by atoms with E-state index in [1.54, 1.807) is 48.5 Å². The summed E-state index contributed by atoms with van der Waals surface area (Å²) in [5, 5.41) is 2.77. The van der Waals surface area contributed by atoms with Crippen LogP contribution in [0.2, 0.25) is 0 Å². The maximum Gasteiger partial charge on any atom is 0.469 e. The minimum atomic E-state index is -4.44. The van der Waals surface area contributed by atoms with E-state index in [1.165, 1.54) is 7.11 Å². The maximum atomic E-state index is 12.3. The zero-order valence-corrected chi connectivity index (χ0v) is 13.9. The van der Waals surface area contributed by atoms with Crippen LogP contribution >= 0.6 is 7.82 Å². The van der Waals surface area contributed by atoms with E-state index in [1.807, 2.05) is 0 Å². The lowest BCUT2D eigenvalue weighted by atomic mass is 10.1. The SMILES string of the molecule is COc1ccccc1C(=O)Nc1ccc(CCOP(=O)(O)O)cc1. The van der Waals surface area contributed by atoms with E-state index in [9.17, 15) is 9.36 Å². The molecule has 0 aromatic heterocycles. The van der Waals surface area contributed by atoms with Crippen LogP contribution in [0, 0.1) is 0 Å². The zero-order valence-electron chi connectivity index (χ0n) is 13.0. The molecular weight excluding hydrogens is 333 g/mol. The van der Waals surface area contributed by atoms with Gasteiger partial charge in [0.05, 0.1) is 19.3 Å². The highest BCUT2D eigenvalue weighted by Gasteiger charge is 2.13. The lowest BCUT2D eigenvalue weighted by Gasteiger charge is -2.10. The first-order valence-electron chi connectivity index (χ1n) is 7.12. The molecule has 0 fully saturated rings. The van der Waals surface area contributed by atoms with Crippen LogP contribution in [0.4, 0.5) is 5.69 Å². The number of benzene rings is 2. The largest absolute Gasteiger partial charge is 0.496 e. The molecule has 0 aliphatic carbocycles. The van der Waals surface area contributed by atoms with Crippen molar-refractivity contribution in [3.63, 3.8) is 0 Å². The van der Waals surface area contributed by atoms with E-state index in [0.717, 1.165) is 5.56 Å². The van der Waals surface area contributed by atoms with E-state index in [2.05, 4.69) is 9.84 Å². The number of carbonyl (C=O) groups is 1. The van der Waals surface area contributed by atoms with Crippen molar-refractivity contribution in [1.82, 2.24) is 0 Å². The van der Waals surface area contributed by atoms with E-state index < -0.39 is 7.82 Å². The molecule has 2 rings (SSSR count). The van der Waals surface area contributed by atoms with Crippen LogP contribution in [0.5, 0.6) is 5.75 Å². The van der Waals surface area contributed by atoms with Gasteiger partial charge in [0.1, 0.15) is 5.75 Å². The molecule has 0 bridgehead atoms. The van der Waals surface area contributed by atoms with Gasteiger partial charge >= 0.3 is 7.82 Å². The Labute approximate surface area is 139 Å². The van der Waals surface area contributed by atoms with Gasteiger partial charge in [-0.05, 0) is 36.2 Å². The topological polar surface area (TPSA) is 105 Å². The lowest BCUT2D eigenvalue weighted by Crippen LogP contribution is -2.13. The monoisotopic (exact) mass is 351 g/mol.